The van der Waals surface area contributed by atoms with Crippen molar-refractivity contribution in [2.24, 2.45) is 5.92 Å². The summed E-state index contributed by atoms with van der Waals surface area (Å²) in [6.45, 7) is 3.79. The van der Waals surface area contributed by atoms with Crippen LogP contribution in [0.4, 0.5) is 11.6 Å². The van der Waals surface area contributed by atoms with Gasteiger partial charge in [0, 0.05) is 19.0 Å². The third-order valence-corrected chi connectivity index (χ3v) is 3.35. The van der Waals surface area contributed by atoms with Crippen molar-refractivity contribution >= 4 is 11.6 Å². The summed E-state index contributed by atoms with van der Waals surface area (Å²) in [7, 11) is 0. The molecule has 1 aliphatic carbocycles. The maximum atomic E-state index is 9.75. The number of aliphatic hydroxyl groups excluding tert-OH is 1. The Balaban J connectivity index is 1.84. The van der Waals surface area contributed by atoms with Crippen molar-refractivity contribution in [1.29, 1.82) is 0 Å². The van der Waals surface area contributed by atoms with Crippen LogP contribution in [0.3, 0.4) is 0 Å². The Kier molecular flexibility index (Phi) is 4.75. The van der Waals surface area contributed by atoms with E-state index >= 15 is 0 Å². The van der Waals surface area contributed by atoms with Crippen LogP contribution < -0.4 is 10.6 Å². The van der Waals surface area contributed by atoms with Gasteiger partial charge in [-0.15, -0.1) is 0 Å². The highest BCUT2D eigenvalue weighted by molar-refractivity contribution is 5.41. The van der Waals surface area contributed by atoms with Gasteiger partial charge in [0.15, 0.2) is 0 Å². The van der Waals surface area contributed by atoms with Gasteiger partial charge in [-0.25, -0.2) is 4.98 Å². The van der Waals surface area contributed by atoms with E-state index in [9.17, 15) is 5.11 Å². The van der Waals surface area contributed by atoms with Crippen LogP contribution in [-0.4, -0.2) is 34.3 Å². The molecule has 1 saturated carbocycles. The zero-order valence-corrected chi connectivity index (χ0v) is 10.9. The number of aromatic nitrogens is 2. The van der Waals surface area contributed by atoms with Crippen LogP contribution in [0.25, 0.3) is 0 Å². The van der Waals surface area contributed by atoms with Gasteiger partial charge >= 0.3 is 0 Å². The van der Waals surface area contributed by atoms with Gasteiger partial charge in [-0.2, -0.15) is 0 Å². The van der Waals surface area contributed by atoms with Crippen molar-refractivity contribution in [3.8, 4) is 0 Å². The molecule has 0 aliphatic heterocycles. The van der Waals surface area contributed by atoms with E-state index in [1.165, 1.54) is 0 Å². The van der Waals surface area contributed by atoms with Crippen LogP contribution >= 0.6 is 0 Å². The van der Waals surface area contributed by atoms with Gasteiger partial charge in [-0.1, -0.05) is 13.3 Å². The van der Waals surface area contributed by atoms with Gasteiger partial charge in [0.05, 0.1) is 18.5 Å². The summed E-state index contributed by atoms with van der Waals surface area (Å²) in [4.78, 5) is 8.58. The molecule has 1 heterocycles. The topological polar surface area (TPSA) is 70.1 Å². The highest BCUT2D eigenvalue weighted by Crippen LogP contribution is 2.25. The van der Waals surface area contributed by atoms with Crippen LogP contribution in [0, 0.1) is 5.92 Å². The Hall–Kier alpha value is -1.36. The Labute approximate surface area is 108 Å². The average Bonchev–Trinajstić information content (AvgIpc) is 2.80. The Morgan fingerprint density at radius 1 is 1.28 bits per heavy atom. The minimum atomic E-state index is -0.160. The first-order chi connectivity index (χ1) is 8.79. The second kappa shape index (κ2) is 6.54. The Morgan fingerprint density at radius 2 is 2.06 bits per heavy atom. The van der Waals surface area contributed by atoms with Crippen molar-refractivity contribution in [2.45, 2.75) is 38.7 Å². The number of rotatable bonds is 6. The third kappa shape index (κ3) is 3.57. The first-order valence-corrected chi connectivity index (χ1v) is 6.77. The standard InChI is InChI=1S/C13H22N4O/c1-2-6-15-12-8-14-9-13(17-12)16-7-10-4-3-5-11(10)18/h8-11,18H,2-7H2,1H3,(H2,15,16,17). The number of hydrogen-bond acceptors (Lipinski definition) is 5. The lowest BCUT2D eigenvalue weighted by atomic mass is 10.1. The first kappa shape index (κ1) is 13.1. The van der Waals surface area contributed by atoms with Gasteiger partial charge in [-0.3, -0.25) is 4.98 Å². The zero-order valence-electron chi connectivity index (χ0n) is 10.9. The summed E-state index contributed by atoms with van der Waals surface area (Å²) in [6, 6.07) is 0. The van der Waals surface area contributed by atoms with Crippen molar-refractivity contribution in [3.63, 3.8) is 0 Å². The van der Waals surface area contributed by atoms with E-state index in [1.54, 1.807) is 12.4 Å². The quantitative estimate of drug-likeness (QED) is 0.719. The summed E-state index contributed by atoms with van der Waals surface area (Å²) >= 11 is 0. The molecular weight excluding hydrogens is 228 g/mol. The number of aliphatic hydroxyl groups is 1. The van der Waals surface area contributed by atoms with Crippen LogP contribution in [0.2, 0.25) is 0 Å². The Morgan fingerprint density at radius 3 is 2.72 bits per heavy atom. The molecule has 0 bridgehead atoms. The van der Waals surface area contributed by atoms with Gasteiger partial charge in [0.1, 0.15) is 11.6 Å². The zero-order chi connectivity index (χ0) is 12.8. The van der Waals surface area contributed by atoms with Gasteiger partial charge in [0.2, 0.25) is 0 Å². The monoisotopic (exact) mass is 250 g/mol. The van der Waals surface area contributed by atoms with Gasteiger partial charge in [0.25, 0.3) is 0 Å². The molecule has 5 nitrogen and oxygen atoms in total. The second-order valence-electron chi connectivity index (χ2n) is 4.86. The van der Waals surface area contributed by atoms with Crippen molar-refractivity contribution < 1.29 is 5.11 Å². The van der Waals surface area contributed by atoms with Gasteiger partial charge < -0.3 is 15.7 Å². The van der Waals surface area contributed by atoms with E-state index < -0.39 is 0 Å². The fraction of sp³-hybridized carbons (Fsp3) is 0.692. The van der Waals surface area contributed by atoms with Crippen molar-refractivity contribution in [2.75, 3.05) is 23.7 Å². The molecule has 1 aromatic rings. The lowest BCUT2D eigenvalue weighted by Crippen LogP contribution is -2.22. The number of nitrogens with one attached hydrogen (secondary N) is 2. The van der Waals surface area contributed by atoms with Crippen molar-refractivity contribution in [1.82, 2.24) is 9.97 Å². The molecule has 0 amide bonds. The molecule has 0 radical (unpaired) electrons. The predicted octanol–water partition coefficient (Wildman–Crippen LogP) is 1.87. The maximum Gasteiger partial charge on any atom is 0.146 e. The number of nitrogens with zero attached hydrogens (tertiary/aromatic N) is 2. The molecular formula is C13H22N4O. The van der Waals surface area contributed by atoms with E-state index in [2.05, 4.69) is 27.5 Å². The SMILES string of the molecule is CCCNc1cncc(NCC2CCCC2O)n1. The molecule has 5 heteroatoms. The molecule has 2 unspecified atom stereocenters. The lowest BCUT2D eigenvalue weighted by molar-refractivity contribution is 0.138. The first-order valence-electron chi connectivity index (χ1n) is 6.77. The average molecular weight is 250 g/mol. The van der Waals surface area contributed by atoms with Gasteiger partial charge in [-0.05, 0) is 19.3 Å². The fourth-order valence-corrected chi connectivity index (χ4v) is 2.28. The summed E-state index contributed by atoms with van der Waals surface area (Å²) in [5, 5.41) is 16.2. The molecule has 1 aromatic heterocycles. The molecule has 100 valence electrons. The van der Waals surface area contributed by atoms with E-state index in [-0.39, 0.29) is 6.10 Å². The highest BCUT2D eigenvalue weighted by Gasteiger charge is 2.24. The highest BCUT2D eigenvalue weighted by atomic mass is 16.3. The van der Waals surface area contributed by atoms with E-state index in [0.717, 1.165) is 50.4 Å². The molecule has 1 fully saturated rings. The number of anilines is 2. The Bertz CT molecular complexity index is 372. The van der Waals surface area contributed by atoms with Crippen LogP contribution in [0.15, 0.2) is 12.4 Å². The van der Waals surface area contributed by atoms with E-state index in [1.807, 2.05) is 0 Å². The van der Waals surface area contributed by atoms with E-state index in [4.69, 9.17) is 0 Å². The maximum absolute atomic E-state index is 9.75. The van der Waals surface area contributed by atoms with Crippen LogP contribution in [-0.2, 0) is 0 Å². The smallest absolute Gasteiger partial charge is 0.146 e. The molecule has 18 heavy (non-hydrogen) atoms. The molecule has 2 rings (SSSR count). The summed E-state index contributed by atoms with van der Waals surface area (Å²) < 4.78 is 0. The molecule has 0 aromatic carbocycles. The predicted molar refractivity (Wildman–Crippen MR) is 72.7 cm³/mol. The molecule has 1 aliphatic rings. The normalized spacial score (nSPS) is 23.0. The summed E-state index contributed by atoms with van der Waals surface area (Å²) in [5.41, 5.74) is 0. The van der Waals surface area contributed by atoms with Crippen LogP contribution in [0.1, 0.15) is 32.6 Å². The summed E-state index contributed by atoms with van der Waals surface area (Å²) in [5.74, 6) is 1.92. The fourth-order valence-electron chi connectivity index (χ4n) is 2.28. The lowest BCUT2D eigenvalue weighted by Gasteiger charge is -2.15. The van der Waals surface area contributed by atoms with Crippen LogP contribution in [0.5, 0.6) is 0 Å². The summed E-state index contributed by atoms with van der Waals surface area (Å²) in [6.07, 6.45) is 7.49. The minimum absolute atomic E-state index is 0.160. The molecule has 2 atom stereocenters. The molecule has 3 N–H and O–H groups in total. The second-order valence-corrected chi connectivity index (χ2v) is 4.86. The van der Waals surface area contributed by atoms with E-state index in [0.29, 0.717) is 5.92 Å². The van der Waals surface area contributed by atoms with Crippen molar-refractivity contribution in [3.05, 3.63) is 12.4 Å². The molecule has 0 saturated heterocycles. The largest absolute Gasteiger partial charge is 0.393 e. The number of hydrogen-bond donors (Lipinski definition) is 3. The minimum Gasteiger partial charge on any atom is -0.393 e. The third-order valence-electron chi connectivity index (χ3n) is 3.35. The molecule has 0 spiro atoms.